The molecule has 0 heterocycles. The Hall–Kier alpha value is -1.75. The third-order valence-electron chi connectivity index (χ3n) is 3.26. The molecule has 2 rings (SSSR count). The first kappa shape index (κ1) is 14.7. The van der Waals surface area contributed by atoms with Crippen LogP contribution < -0.4 is 19.7 Å². The van der Waals surface area contributed by atoms with E-state index >= 15 is 0 Å². The van der Waals surface area contributed by atoms with Gasteiger partial charge >= 0.3 is 0 Å². The average Bonchev–Trinajstić information content (AvgIpc) is 3.23. The molecule has 1 atom stereocenters. The van der Waals surface area contributed by atoms with E-state index in [-0.39, 0.29) is 5.91 Å². The van der Waals surface area contributed by atoms with Gasteiger partial charge in [0.1, 0.15) is 24.7 Å². The Morgan fingerprint density at radius 1 is 1.30 bits per heavy atom. The number of methoxy groups -OCH3 is 1. The number of rotatable bonds is 8. The van der Waals surface area contributed by atoms with E-state index in [4.69, 9.17) is 9.47 Å². The second kappa shape index (κ2) is 7.14. The Labute approximate surface area is 119 Å². The number of amides is 1. The molecule has 0 saturated heterocycles. The SMILES string of the molecule is COc1ccc(OCC[NH+](C)CC(=O)NC2CC2)cc1. The van der Waals surface area contributed by atoms with Gasteiger partial charge in [0, 0.05) is 6.04 Å². The van der Waals surface area contributed by atoms with Crippen LogP contribution >= 0.6 is 0 Å². The summed E-state index contributed by atoms with van der Waals surface area (Å²) in [7, 11) is 3.64. The maximum Gasteiger partial charge on any atom is 0.275 e. The molecular weight excluding hydrogens is 256 g/mol. The first-order valence-electron chi connectivity index (χ1n) is 7.05. The van der Waals surface area contributed by atoms with Gasteiger partial charge in [0.2, 0.25) is 0 Å². The Morgan fingerprint density at radius 2 is 1.95 bits per heavy atom. The summed E-state index contributed by atoms with van der Waals surface area (Å²) in [5.74, 6) is 1.77. The van der Waals surface area contributed by atoms with Gasteiger partial charge in [-0.3, -0.25) is 4.79 Å². The van der Waals surface area contributed by atoms with Gasteiger partial charge in [-0.25, -0.2) is 0 Å². The summed E-state index contributed by atoms with van der Waals surface area (Å²) in [6.45, 7) is 1.89. The van der Waals surface area contributed by atoms with Crippen molar-refractivity contribution in [3.8, 4) is 11.5 Å². The lowest BCUT2D eigenvalue weighted by Gasteiger charge is -2.14. The number of benzene rings is 1. The van der Waals surface area contributed by atoms with Crippen molar-refractivity contribution in [1.29, 1.82) is 0 Å². The molecule has 2 N–H and O–H groups in total. The van der Waals surface area contributed by atoms with Gasteiger partial charge in [-0.05, 0) is 37.1 Å². The average molecular weight is 279 g/mol. The van der Waals surface area contributed by atoms with Gasteiger partial charge in [-0.15, -0.1) is 0 Å². The quantitative estimate of drug-likeness (QED) is 0.697. The lowest BCUT2D eigenvalue weighted by Crippen LogP contribution is -3.10. The number of likely N-dealkylation sites (N-methyl/N-ethyl adjacent to an activating group) is 1. The Morgan fingerprint density at radius 3 is 2.55 bits per heavy atom. The number of hydrogen-bond acceptors (Lipinski definition) is 3. The van der Waals surface area contributed by atoms with E-state index in [2.05, 4.69) is 5.32 Å². The van der Waals surface area contributed by atoms with E-state index in [1.54, 1.807) is 7.11 Å². The molecule has 1 aromatic rings. The van der Waals surface area contributed by atoms with Crippen molar-refractivity contribution >= 4 is 5.91 Å². The van der Waals surface area contributed by atoms with Gasteiger partial charge < -0.3 is 19.7 Å². The Balaban J connectivity index is 1.62. The predicted molar refractivity (Wildman–Crippen MR) is 76.3 cm³/mol. The molecule has 20 heavy (non-hydrogen) atoms. The van der Waals surface area contributed by atoms with Gasteiger partial charge in [-0.1, -0.05) is 0 Å². The molecule has 1 saturated carbocycles. The molecule has 1 aliphatic rings. The summed E-state index contributed by atoms with van der Waals surface area (Å²) in [6.07, 6.45) is 2.26. The molecule has 110 valence electrons. The zero-order valence-corrected chi connectivity index (χ0v) is 12.1. The number of hydrogen-bond donors (Lipinski definition) is 2. The van der Waals surface area contributed by atoms with Gasteiger partial charge in [0.25, 0.3) is 5.91 Å². The van der Waals surface area contributed by atoms with Crippen LogP contribution in [0.5, 0.6) is 11.5 Å². The molecule has 0 aliphatic heterocycles. The fourth-order valence-electron chi connectivity index (χ4n) is 1.88. The minimum absolute atomic E-state index is 0.134. The maximum absolute atomic E-state index is 11.6. The Bertz CT molecular complexity index is 429. The number of ether oxygens (including phenoxy) is 2. The van der Waals surface area contributed by atoms with Gasteiger partial charge in [-0.2, -0.15) is 0 Å². The highest BCUT2D eigenvalue weighted by molar-refractivity contribution is 5.77. The lowest BCUT2D eigenvalue weighted by atomic mass is 10.3. The van der Waals surface area contributed by atoms with Crippen LogP contribution in [0, 0.1) is 0 Å². The summed E-state index contributed by atoms with van der Waals surface area (Å²) in [5.41, 5.74) is 0. The van der Waals surface area contributed by atoms with Crippen molar-refractivity contribution in [2.24, 2.45) is 0 Å². The van der Waals surface area contributed by atoms with Crippen LogP contribution in [-0.4, -0.2) is 45.8 Å². The molecular formula is C15H23N2O3+. The molecule has 5 heteroatoms. The van der Waals surface area contributed by atoms with E-state index < -0.39 is 0 Å². The third-order valence-corrected chi connectivity index (χ3v) is 3.26. The van der Waals surface area contributed by atoms with E-state index in [0.29, 0.717) is 19.2 Å². The van der Waals surface area contributed by atoms with Crippen molar-refractivity contribution in [3.05, 3.63) is 24.3 Å². The summed E-state index contributed by atoms with van der Waals surface area (Å²) in [5, 5.41) is 2.99. The molecule has 1 aromatic carbocycles. The monoisotopic (exact) mass is 279 g/mol. The van der Waals surface area contributed by atoms with Crippen LogP contribution in [0.1, 0.15) is 12.8 Å². The highest BCUT2D eigenvalue weighted by Gasteiger charge is 2.24. The minimum atomic E-state index is 0.134. The molecule has 1 amide bonds. The van der Waals surface area contributed by atoms with E-state index in [1.807, 2.05) is 31.3 Å². The van der Waals surface area contributed by atoms with Crippen molar-refractivity contribution in [2.45, 2.75) is 18.9 Å². The molecule has 0 bridgehead atoms. The molecule has 1 fully saturated rings. The van der Waals surface area contributed by atoms with Crippen LogP contribution in [0.15, 0.2) is 24.3 Å². The normalized spacial score (nSPS) is 15.5. The molecule has 0 spiro atoms. The second-order valence-corrected chi connectivity index (χ2v) is 5.25. The number of nitrogens with one attached hydrogen (secondary N) is 2. The molecule has 0 radical (unpaired) electrons. The van der Waals surface area contributed by atoms with Crippen molar-refractivity contribution in [1.82, 2.24) is 5.32 Å². The zero-order valence-electron chi connectivity index (χ0n) is 12.1. The summed E-state index contributed by atoms with van der Waals surface area (Å²) >= 11 is 0. The van der Waals surface area contributed by atoms with Crippen LogP contribution in [0.4, 0.5) is 0 Å². The summed E-state index contributed by atoms with van der Waals surface area (Å²) < 4.78 is 10.7. The number of quaternary nitrogens is 1. The predicted octanol–water partition coefficient (Wildman–Crippen LogP) is -0.133. The largest absolute Gasteiger partial charge is 0.497 e. The number of carbonyl (C=O) groups is 1. The van der Waals surface area contributed by atoms with E-state index in [1.165, 1.54) is 0 Å². The third kappa shape index (κ3) is 5.09. The topological polar surface area (TPSA) is 52.0 Å². The maximum atomic E-state index is 11.6. The van der Waals surface area contributed by atoms with Crippen molar-refractivity contribution < 1.29 is 19.2 Å². The van der Waals surface area contributed by atoms with Crippen LogP contribution in [-0.2, 0) is 4.79 Å². The lowest BCUT2D eigenvalue weighted by molar-refractivity contribution is -0.871. The van der Waals surface area contributed by atoms with Gasteiger partial charge in [0.15, 0.2) is 6.54 Å². The minimum Gasteiger partial charge on any atom is -0.497 e. The highest BCUT2D eigenvalue weighted by atomic mass is 16.5. The van der Waals surface area contributed by atoms with Crippen LogP contribution in [0.2, 0.25) is 0 Å². The second-order valence-electron chi connectivity index (χ2n) is 5.25. The fourth-order valence-corrected chi connectivity index (χ4v) is 1.88. The molecule has 1 unspecified atom stereocenters. The fraction of sp³-hybridized carbons (Fsp3) is 0.533. The van der Waals surface area contributed by atoms with Crippen molar-refractivity contribution in [3.63, 3.8) is 0 Å². The molecule has 0 aromatic heterocycles. The van der Waals surface area contributed by atoms with Crippen LogP contribution in [0.25, 0.3) is 0 Å². The summed E-state index contributed by atoms with van der Waals surface area (Å²) in [6, 6.07) is 7.94. The van der Waals surface area contributed by atoms with E-state index in [9.17, 15) is 4.79 Å². The smallest absolute Gasteiger partial charge is 0.275 e. The van der Waals surface area contributed by atoms with Crippen LogP contribution in [0.3, 0.4) is 0 Å². The molecule has 1 aliphatic carbocycles. The van der Waals surface area contributed by atoms with Crippen molar-refractivity contribution in [2.75, 3.05) is 33.9 Å². The number of carbonyl (C=O) groups excluding carboxylic acids is 1. The standard InChI is InChI=1S/C15H22N2O3/c1-17(11-15(18)16-12-3-4-12)9-10-20-14-7-5-13(19-2)6-8-14/h5-8,12H,3-4,9-11H2,1-2H3,(H,16,18)/p+1. The first-order chi connectivity index (χ1) is 9.67. The van der Waals surface area contributed by atoms with E-state index in [0.717, 1.165) is 35.8 Å². The zero-order chi connectivity index (χ0) is 14.4. The Kier molecular flexibility index (Phi) is 5.24. The first-order valence-corrected chi connectivity index (χ1v) is 7.05. The summed E-state index contributed by atoms with van der Waals surface area (Å²) in [4.78, 5) is 12.8. The van der Waals surface area contributed by atoms with Gasteiger partial charge in [0.05, 0.1) is 14.2 Å². The highest BCUT2D eigenvalue weighted by Crippen LogP contribution is 2.18. The molecule has 5 nitrogen and oxygen atoms in total.